The Morgan fingerprint density at radius 1 is 1.15 bits per heavy atom. The van der Waals surface area contributed by atoms with E-state index in [4.69, 9.17) is 5.11 Å². The lowest BCUT2D eigenvalue weighted by molar-refractivity contribution is -0.130. The van der Waals surface area contributed by atoms with Gasteiger partial charge in [-0.1, -0.05) is 42.1 Å². The molecule has 2 amide bonds. The molecule has 27 heavy (non-hydrogen) atoms. The lowest BCUT2D eigenvalue weighted by atomic mass is 9.99. The molecule has 2 atom stereocenters. The van der Waals surface area contributed by atoms with E-state index < -0.39 is 12.0 Å². The summed E-state index contributed by atoms with van der Waals surface area (Å²) in [5.41, 5.74) is 1.01. The topological polar surface area (TPSA) is 95.5 Å². The van der Waals surface area contributed by atoms with Gasteiger partial charge in [-0.05, 0) is 30.4 Å². The van der Waals surface area contributed by atoms with Crippen molar-refractivity contribution in [2.24, 2.45) is 5.92 Å². The summed E-state index contributed by atoms with van der Waals surface area (Å²) in [7, 11) is 0. The molecule has 1 aromatic rings. The molecule has 1 aromatic carbocycles. The smallest absolute Gasteiger partial charge is 0.242 e. The van der Waals surface area contributed by atoms with Gasteiger partial charge in [0.2, 0.25) is 11.8 Å². The summed E-state index contributed by atoms with van der Waals surface area (Å²) in [6.07, 6.45) is 2.94. The number of thioether (sulfide) groups is 2. The molecular formula is C19H28N2O4S2. The fourth-order valence-corrected chi connectivity index (χ4v) is 3.62. The predicted octanol–water partition coefficient (Wildman–Crippen LogP) is 1.47. The highest BCUT2D eigenvalue weighted by molar-refractivity contribution is 8.13. The number of carbonyl (C=O) groups excluding carboxylic acids is 3. The Balaban J connectivity index is 2.82. The Bertz CT molecular complexity index is 599. The van der Waals surface area contributed by atoms with Crippen LogP contribution in [-0.2, 0) is 20.8 Å². The summed E-state index contributed by atoms with van der Waals surface area (Å²) in [5, 5.41) is 14.3. The van der Waals surface area contributed by atoms with E-state index in [0.29, 0.717) is 18.6 Å². The Hall–Kier alpha value is -1.51. The molecule has 0 aliphatic carbocycles. The minimum Gasteiger partial charge on any atom is -0.395 e. The molecule has 3 N–H and O–H groups in total. The van der Waals surface area contributed by atoms with E-state index in [9.17, 15) is 14.4 Å². The number of amides is 2. The number of rotatable bonds is 12. The maximum atomic E-state index is 12.8. The van der Waals surface area contributed by atoms with Crippen LogP contribution < -0.4 is 10.6 Å². The highest BCUT2D eigenvalue weighted by Gasteiger charge is 2.26. The van der Waals surface area contributed by atoms with Gasteiger partial charge in [0.25, 0.3) is 0 Å². The lowest BCUT2D eigenvalue weighted by Gasteiger charge is -2.22. The maximum absolute atomic E-state index is 12.8. The normalized spacial score (nSPS) is 12.9. The molecule has 0 aliphatic heterocycles. The van der Waals surface area contributed by atoms with Crippen LogP contribution in [0.1, 0.15) is 18.9 Å². The first-order chi connectivity index (χ1) is 13.0. The van der Waals surface area contributed by atoms with Gasteiger partial charge >= 0.3 is 0 Å². The fourth-order valence-electron chi connectivity index (χ4n) is 2.44. The van der Waals surface area contributed by atoms with Crippen LogP contribution in [0.2, 0.25) is 0 Å². The van der Waals surface area contributed by atoms with E-state index in [-0.39, 0.29) is 30.1 Å². The summed E-state index contributed by atoms with van der Waals surface area (Å²) in [5.74, 6) is 0.137. The van der Waals surface area contributed by atoms with Gasteiger partial charge in [0.1, 0.15) is 6.04 Å². The number of benzene rings is 1. The number of aliphatic hydroxyl groups excluding tert-OH is 1. The SMILES string of the molecule is CSCC[C@H](NC(=O)C(CSC(C)=O)Cc1ccccc1)C(=O)NCCO. The fraction of sp³-hybridized carbons (Fsp3) is 0.526. The second-order valence-corrected chi connectivity index (χ2v) is 8.23. The lowest BCUT2D eigenvalue weighted by Crippen LogP contribution is -2.49. The van der Waals surface area contributed by atoms with E-state index in [1.54, 1.807) is 11.8 Å². The van der Waals surface area contributed by atoms with Gasteiger partial charge in [0.05, 0.1) is 12.5 Å². The van der Waals surface area contributed by atoms with Gasteiger partial charge < -0.3 is 15.7 Å². The first kappa shape index (κ1) is 23.5. The molecule has 0 aromatic heterocycles. The van der Waals surface area contributed by atoms with Crippen molar-refractivity contribution in [3.05, 3.63) is 35.9 Å². The van der Waals surface area contributed by atoms with Gasteiger partial charge in [-0.3, -0.25) is 14.4 Å². The van der Waals surface area contributed by atoms with Crippen LogP contribution in [0.5, 0.6) is 0 Å². The molecule has 0 heterocycles. The molecule has 0 bridgehead atoms. The van der Waals surface area contributed by atoms with Crippen LogP contribution in [0.3, 0.4) is 0 Å². The van der Waals surface area contributed by atoms with Crippen LogP contribution in [0.15, 0.2) is 30.3 Å². The quantitative estimate of drug-likeness (QED) is 0.481. The zero-order valence-corrected chi connectivity index (χ0v) is 17.4. The van der Waals surface area contributed by atoms with E-state index >= 15 is 0 Å². The average Bonchev–Trinajstić information content (AvgIpc) is 2.66. The van der Waals surface area contributed by atoms with Crippen LogP contribution in [-0.4, -0.2) is 59.0 Å². The molecule has 1 rings (SSSR count). The van der Waals surface area contributed by atoms with Crippen molar-refractivity contribution in [2.75, 3.05) is 30.9 Å². The summed E-state index contributed by atoms with van der Waals surface area (Å²) in [6.45, 7) is 1.48. The Morgan fingerprint density at radius 3 is 2.44 bits per heavy atom. The van der Waals surface area contributed by atoms with Crippen molar-refractivity contribution < 1.29 is 19.5 Å². The average molecular weight is 413 g/mol. The third-order valence-corrected chi connectivity index (χ3v) is 5.46. The molecule has 0 radical (unpaired) electrons. The number of carbonyl (C=O) groups is 3. The monoisotopic (exact) mass is 412 g/mol. The minimum absolute atomic E-state index is 0.0412. The first-order valence-electron chi connectivity index (χ1n) is 8.83. The Labute approximate surface area is 169 Å². The number of hydrogen-bond donors (Lipinski definition) is 3. The van der Waals surface area contributed by atoms with E-state index in [0.717, 1.165) is 23.1 Å². The molecule has 0 saturated heterocycles. The highest BCUT2D eigenvalue weighted by atomic mass is 32.2. The molecule has 0 aliphatic rings. The maximum Gasteiger partial charge on any atom is 0.242 e. The molecule has 0 fully saturated rings. The predicted molar refractivity (Wildman–Crippen MR) is 112 cm³/mol. The van der Waals surface area contributed by atoms with Gasteiger partial charge in [-0.2, -0.15) is 11.8 Å². The Morgan fingerprint density at radius 2 is 1.85 bits per heavy atom. The standard InChI is InChI=1S/C19H28N2O4S2/c1-14(23)27-13-16(12-15-6-4-3-5-7-15)18(24)21-17(8-11-26-2)19(25)20-9-10-22/h3-7,16-17,22H,8-13H2,1-2H3,(H,20,25)(H,21,24)/t16?,17-/m0/s1. The van der Waals surface area contributed by atoms with Gasteiger partial charge in [0, 0.05) is 19.2 Å². The van der Waals surface area contributed by atoms with E-state index in [2.05, 4.69) is 10.6 Å². The minimum atomic E-state index is -0.655. The van der Waals surface area contributed by atoms with Crippen molar-refractivity contribution in [2.45, 2.75) is 25.8 Å². The van der Waals surface area contributed by atoms with Crippen molar-refractivity contribution >= 4 is 40.5 Å². The van der Waals surface area contributed by atoms with Crippen molar-refractivity contribution in [1.82, 2.24) is 10.6 Å². The zero-order chi connectivity index (χ0) is 20.1. The number of nitrogens with one attached hydrogen (secondary N) is 2. The van der Waals surface area contributed by atoms with Crippen LogP contribution >= 0.6 is 23.5 Å². The zero-order valence-electron chi connectivity index (χ0n) is 15.8. The summed E-state index contributed by atoms with van der Waals surface area (Å²) in [6, 6.07) is 8.96. The molecule has 0 saturated carbocycles. The van der Waals surface area contributed by atoms with Crippen LogP contribution in [0.25, 0.3) is 0 Å². The largest absolute Gasteiger partial charge is 0.395 e. The first-order valence-corrected chi connectivity index (χ1v) is 11.2. The summed E-state index contributed by atoms with van der Waals surface area (Å²) < 4.78 is 0. The van der Waals surface area contributed by atoms with Crippen LogP contribution in [0, 0.1) is 5.92 Å². The second kappa shape index (κ2) is 13.6. The number of aliphatic hydroxyl groups is 1. The van der Waals surface area contributed by atoms with E-state index in [1.807, 2.05) is 36.6 Å². The second-order valence-electron chi connectivity index (χ2n) is 6.05. The summed E-state index contributed by atoms with van der Waals surface area (Å²) >= 11 is 2.71. The van der Waals surface area contributed by atoms with Crippen molar-refractivity contribution in [3.8, 4) is 0 Å². The van der Waals surface area contributed by atoms with Gasteiger partial charge in [-0.15, -0.1) is 0 Å². The number of hydrogen-bond acceptors (Lipinski definition) is 6. The Kier molecular flexibility index (Phi) is 11.9. The molecule has 8 heteroatoms. The molecular weight excluding hydrogens is 384 g/mol. The van der Waals surface area contributed by atoms with Crippen molar-refractivity contribution in [1.29, 1.82) is 0 Å². The van der Waals surface area contributed by atoms with E-state index in [1.165, 1.54) is 6.92 Å². The molecule has 1 unspecified atom stereocenters. The highest BCUT2D eigenvalue weighted by Crippen LogP contribution is 2.16. The van der Waals surface area contributed by atoms with Crippen molar-refractivity contribution in [3.63, 3.8) is 0 Å². The van der Waals surface area contributed by atoms with Crippen LogP contribution in [0.4, 0.5) is 0 Å². The molecule has 6 nitrogen and oxygen atoms in total. The third-order valence-electron chi connectivity index (χ3n) is 3.84. The molecule has 150 valence electrons. The molecule has 0 spiro atoms. The van der Waals surface area contributed by atoms with Gasteiger partial charge in [0.15, 0.2) is 5.12 Å². The van der Waals surface area contributed by atoms with Gasteiger partial charge in [-0.25, -0.2) is 0 Å². The summed E-state index contributed by atoms with van der Waals surface area (Å²) in [4.78, 5) is 36.5. The third kappa shape index (κ3) is 9.83.